The molecule has 7 heteroatoms. The summed E-state index contributed by atoms with van der Waals surface area (Å²) in [4.78, 5) is 12.3. The van der Waals surface area contributed by atoms with Gasteiger partial charge in [-0.3, -0.25) is 4.31 Å². The number of methoxy groups -OCH3 is 1. The SMILES string of the molecule is C=CCN(c1cccc(C(=O)OCC)c1C)S(=O)(=O)c1ccc(OC)cc1. The summed E-state index contributed by atoms with van der Waals surface area (Å²) in [5, 5.41) is 0. The van der Waals surface area contributed by atoms with Crippen molar-refractivity contribution >= 4 is 21.7 Å². The quantitative estimate of drug-likeness (QED) is 0.510. The van der Waals surface area contributed by atoms with Crippen LogP contribution in [0.1, 0.15) is 22.8 Å². The number of anilines is 1. The first-order valence-corrected chi connectivity index (χ1v) is 9.85. The zero-order valence-corrected chi connectivity index (χ0v) is 16.5. The van der Waals surface area contributed by atoms with E-state index in [9.17, 15) is 13.2 Å². The number of benzene rings is 2. The molecule has 0 fully saturated rings. The van der Waals surface area contributed by atoms with E-state index in [4.69, 9.17) is 9.47 Å². The van der Waals surface area contributed by atoms with E-state index in [0.717, 1.165) is 0 Å². The molecule has 0 saturated carbocycles. The molecule has 0 aliphatic rings. The van der Waals surface area contributed by atoms with Gasteiger partial charge in [-0.2, -0.15) is 0 Å². The van der Waals surface area contributed by atoms with Crippen LogP contribution >= 0.6 is 0 Å². The Morgan fingerprint density at radius 1 is 1.19 bits per heavy atom. The fourth-order valence-electron chi connectivity index (χ4n) is 2.64. The van der Waals surface area contributed by atoms with E-state index < -0.39 is 16.0 Å². The fourth-order valence-corrected chi connectivity index (χ4v) is 4.13. The average molecular weight is 389 g/mol. The molecule has 2 rings (SSSR count). The molecule has 2 aromatic carbocycles. The highest BCUT2D eigenvalue weighted by atomic mass is 32.2. The highest BCUT2D eigenvalue weighted by Gasteiger charge is 2.27. The zero-order chi connectivity index (χ0) is 20.0. The van der Waals surface area contributed by atoms with Gasteiger partial charge in [0.2, 0.25) is 0 Å². The number of hydrogen-bond donors (Lipinski definition) is 0. The minimum atomic E-state index is -3.86. The number of carbonyl (C=O) groups is 1. The summed E-state index contributed by atoms with van der Waals surface area (Å²) in [5.74, 6) is 0.0713. The summed E-state index contributed by atoms with van der Waals surface area (Å²) in [7, 11) is -2.35. The topological polar surface area (TPSA) is 72.9 Å². The highest BCUT2D eigenvalue weighted by molar-refractivity contribution is 7.92. The predicted molar refractivity (Wildman–Crippen MR) is 105 cm³/mol. The van der Waals surface area contributed by atoms with Gasteiger partial charge >= 0.3 is 5.97 Å². The Morgan fingerprint density at radius 3 is 2.41 bits per heavy atom. The smallest absolute Gasteiger partial charge is 0.338 e. The number of nitrogens with zero attached hydrogens (tertiary/aromatic N) is 1. The monoisotopic (exact) mass is 389 g/mol. The number of carbonyl (C=O) groups excluding carboxylic acids is 1. The third-order valence-electron chi connectivity index (χ3n) is 4.01. The molecule has 0 heterocycles. The number of hydrogen-bond acceptors (Lipinski definition) is 5. The van der Waals surface area contributed by atoms with E-state index in [1.54, 1.807) is 44.2 Å². The Balaban J connectivity index is 2.55. The molecular formula is C20H23NO5S. The largest absolute Gasteiger partial charge is 0.497 e. The van der Waals surface area contributed by atoms with E-state index in [-0.39, 0.29) is 18.0 Å². The molecule has 0 aliphatic heterocycles. The third kappa shape index (κ3) is 4.31. The Hall–Kier alpha value is -2.80. The lowest BCUT2D eigenvalue weighted by molar-refractivity contribution is 0.0525. The molecule has 0 unspecified atom stereocenters. The lowest BCUT2D eigenvalue weighted by atomic mass is 10.1. The number of ether oxygens (including phenoxy) is 2. The molecule has 0 radical (unpaired) electrons. The van der Waals surface area contributed by atoms with Gasteiger partial charge in [-0.05, 0) is 55.8 Å². The van der Waals surface area contributed by atoms with Crippen LogP contribution in [0.2, 0.25) is 0 Å². The summed E-state index contributed by atoms with van der Waals surface area (Å²) in [5.41, 5.74) is 1.25. The summed E-state index contributed by atoms with van der Waals surface area (Å²) >= 11 is 0. The van der Waals surface area contributed by atoms with E-state index in [1.807, 2.05) is 0 Å². The van der Waals surface area contributed by atoms with Gasteiger partial charge < -0.3 is 9.47 Å². The first-order valence-electron chi connectivity index (χ1n) is 8.41. The van der Waals surface area contributed by atoms with Crippen molar-refractivity contribution in [2.24, 2.45) is 0 Å². The Bertz CT molecular complexity index is 920. The third-order valence-corrected chi connectivity index (χ3v) is 5.81. The summed E-state index contributed by atoms with van der Waals surface area (Å²) in [6.45, 7) is 7.37. The van der Waals surface area contributed by atoms with Crippen molar-refractivity contribution in [1.82, 2.24) is 0 Å². The van der Waals surface area contributed by atoms with Gasteiger partial charge in [0.05, 0.1) is 36.4 Å². The van der Waals surface area contributed by atoms with Crippen LogP contribution in [0.4, 0.5) is 5.69 Å². The molecule has 144 valence electrons. The van der Waals surface area contributed by atoms with Crippen LogP contribution in [0.25, 0.3) is 0 Å². The van der Waals surface area contributed by atoms with Crippen LogP contribution in [-0.2, 0) is 14.8 Å². The van der Waals surface area contributed by atoms with Gasteiger partial charge in [-0.25, -0.2) is 13.2 Å². The highest BCUT2D eigenvalue weighted by Crippen LogP contribution is 2.29. The molecule has 0 bridgehead atoms. The molecule has 6 nitrogen and oxygen atoms in total. The summed E-state index contributed by atoms with van der Waals surface area (Å²) in [6, 6.07) is 11.0. The second kappa shape index (κ2) is 8.73. The van der Waals surface area contributed by atoms with Gasteiger partial charge in [0.15, 0.2) is 0 Å². The van der Waals surface area contributed by atoms with Gasteiger partial charge in [0.25, 0.3) is 10.0 Å². The van der Waals surface area contributed by atoms with Gasteiger partial charge in [0.1, 0.15) is 5.75 Å². The fraction of sp³-hybridized carbons (Fsp3) is 0.250. The summed E-state index contributed by atoms with van der Waals surface area (Å²) < 4.78 is 37.8. The Morgan fingerprint density at radius 2 is 1.85 bits per heavy atom. The van der Waals surface area contributed by atoms with Crippen molar-refractivity contribution in [1.29, 1.82) is 0 Å². The molecule has 0 amide bonds. The van der Waals surface area contributed by atoms with Crippen LogP contribution in [0.15, 0.2) is 60.0 Å². The van der Waals surface area contributed by atoms with Gasteiger partial charge in [-0.1, -0.05) is 12.1 Å². The van der Waals surface area contributed by atoms with Crippen LogP contribution in [0.5, 0.6) is 5.75 Å². The molecule has 27 heavy (non-hydrogen) atoms. The van der Waals surface area contributed by atoms with Crippen LogP contribution in [0, 0.1) is 6.92 Å². The molecule has 0 atom stereocenters. The lowest BCUT2D eigenvalue weighted by Crippen LogP contribution is -2.32. The van der Waals surface area contributed by atoms with Gasteiger partial charge in [-0.15, -0.1) is 6.58 Å². The van der Waals surface area contributed by atoms with Crippen molar-refractivity contribution in [2.75, 3.05) is 24.6 Å². The summed E-state index contributed by atoms with van der Waals surface area (Å²) in [6.07, 6.45) is 1.50. The van der Waals surface area contributed by atoms with Gasteiger partial charge in [0, 0.05) is 0 Å². The number of rotatable bonds is 8. The molecule has 0 aromatic heterocycles. The molecule has 0 spiro atoms. The number of sulfonamides is 1. The maximum absolute atomic E-state index is 13.2. The molecule has 0 saturated heterocycles. The molecular weight excluding hydrogens is 366 g/mol. The average Bonchev–Trinajstić information content (AvgIpc) is 2.66. The Kier molecular flexibility index (Phi) is 6.63. The van der Waals surface area contributed by atoms with Crippen molar-refractivity contribution in [3.8, 4) is 5.75 Å². The predicted octanol–water partition coefficient (Wildman–Crippen LogP) is 3.56. The Labute approximate surface area is 160 Å². The van der Waals surface area contributed by atoms with Crippen LogP contribution < -0.4 is 9.04 Å². The minimum absolute atomic E-state index is 0.0570. The lowest BCUT2D eigenvalue weighted by Gasteiger charge is -2.25. The molecule has 0 aliphatic carbocycles. The maximum atomic E-state index is 13.2. The van der Waals surface area contributed by atoms with Crippen LogP contribution in [-0.4, -0.2) is 34.6 Å². The maximum Gasteiger partial charge on any atom is 0.338 e. The van der Waals surface area contributed by atoms with Crippen molar-refractivity contribution in [3.63, 3.8) is 0 Å². The van der Waals surface area contributed by atoms with Crippen molar-refractivity contribution < 1.29 is 22.7 Å². The van der Waals surface area contributed by atoms with Crippen molar-refractivity contribution in [2.45, 2.75) is 18.7 Å². The standard InChI is InChI=1S/C20H23NO5S/c1-5-14-21(27(23,24)17-12-10-16(25-4)11-13-17)19-9-7-8-18(15(19)3)20(22)26-6-2/h5,7-13H,1,6,14H2,2-4H3. The first-order chi connectivity index (χ1) is 12.9. The van der Waals surface area contributed by atoms with Crippen LogP contribution in [0.3, 0.4) is 0 Å². The van der Waals surface area contributed by atoms with E-state index in [1.165, 1.54) is 29.6 Å². The van der Waals surface area contributed by atoms with Crippen molar-refractivity contribution in [3.05, 3.63) is 66.2 Å². The zero-order valence-electron chi connectivity index (χ0n) is 15.6. The van der Waals surface area contributed by atoms with E-state index in [2.05, 4.69) is 6.58 Å². The second-order valence-electron chi connectivity index (χ2n) is 5.67. The van der Waals surface area contributed by atoms with E-state index in [0.29, 0.717) is 22.6 Å². The second-order valence-corrected chi connectivity index (χ2v) is 7.53. The minimum Gasteiger partial charge on any atom is -0.497 e. The first kappa shape index (κ1) is 20.5. The molecule has 2 aromatic rings. The normalized spacial score (nSPS) is 10.9. The molecule has 0 N–H and O–H groups in total. The van der Waals surface area contributed by atoms with E-state index >= 15 is 0 Å². The number of esters is 1.